The Bertz CT molecular complexity index is 1310. The maximum Gasteiger partial charge on any atom is 0.294 e. The van der Waals surface area contributed by atoms with Crippen molar-refractivity contribution in [2.24, 2.45) is 0 Å². The van der Waals surface area contributed by atoms with E-state index in [0.717, 1.165) is 11.0 Å². The molecule has 32 heavy (non-hydrogen) atoms. The molecule has 0 aliphatic carbocycles. The number of nitrogens with zero attached hydrogens (tertiary/aromatic N) is 2. The molecule has 0 spiro atoms. The first-order valence-electron chi connectivity index (χ1n) is 9.35. The van der Waals surface area contributed by atoms with Gasteiger partial charge in [0.25, 0.3) is 11.1 Å². The Hall–Kier alpha value is -4.16. The van der Waals surface area contributed by atoms with Gasteiger partial charge in [-0.2, -0.15) is 5.26 Å². The summed E-state index contributed by atoms with van der Waals surface area (Å²) in [6, 6.07) is 17.6. The lowest BCUT2D eigenvalue weighted by atomic mass is 10.1. The molecule has 0 radical (unpaired) electrons. The summed E-state index contributed by atoms with van der Waals surface area (Å²) < 4.78 is 19.0. The van der Waals surface area contributed by atoms with E-state index in [9.17, 15) is 24.0 Å². The number of carbonyl (C=O) groups is 3. The highest BCUT2D eigenvalue weighted by atomic mass is 32.2. The van der Waals surface area contributed by atoms with Gasteiger partial charge in [0.05, 0.1) is 16.5 Å². The van der Waals surface area contributed by atoms with Gasteiger partial charge in [-0.1, -0.05) is 18.2 Å². The lowest BCUT2D eigenvalue weighted by Crippen LogP contribution is -2.36. The SMILES string of the molecule is N#Cc1ccccc1-c1ccc(/C=C2/SC(=O)N(CC(=O)Nc3cccc(F)c3)C2=O)o1. The molecule has 0 unspecified atom stereocenters. The summed E-state index contributed by atoms with van der Waals surface area (Å²) in [5.74, 6) is -1.02. The molecule has 1 aromatic heterocycles. The van der Waals surface area contributed by atoms with Crippen LogP contribution >= 0.6 is 11.8 Å². The number of benzene rings is 2. The fourth-order valence-electron chi connectivity index (χ4n) is 3.05. The highest BCUT2D eigenvalue weighted by Crippen LogP contribution is 2.33. The summed E-state index contributed by atoms with van der Waals surface area (Å²) in [6.45, 7) is -0.503. The number of amides is 3. The average molecular weight is 447 g/mol. The van der Waals surface area contributed by atoms with Gasteiger partial charge in [0.1, 0.15) is 23.9 Å². The zero-order valence-electron chi connectivity index (χ0n) is 16.4. The molecule has 3 amide bonds. The second kappa shape index (κ2) is 8.91. The van der Waals surface area contributed by atoms with Crippen molar-refractivity contribution in [2.45, 2.75) is 0 Å². The molecule has 0 atom stereocenters. The minimum Gasteiger partial charge on any atom is -0.457 e. The first-order valence-corrected chi connectivity index (χ1v) is 10.2. The van der Waals surface area contributed by atoms with Crippen molar-refractivity contribution >= 4 is 40.6 Å². The van der Waals surface area contributed by atoms with Gasteiger partial charge in [-0.05, 0) is 54.2 Å². The number of furan rings is 1. The maximum absolute atomic E-state index is 13.3. The summed E-state index contributed by atoms with van der Waals surface area (Å²) in [7, 11) is 0. The second-order valence-electron chi connectivity index (χ2n) is 6.69. The summed E-state index contributed by atoms with van der Waals surface area (Å²) in [5.41, 5.74) is 1.27. The highest BCUT2D eigenvalue weighted by Gasteiger charge is 2.36. The van der Waals surface area contributed by atoms with Crippen LogP contribution in [0.2, 0.25) is 0 Å². The fraction of sp³-hybridized carbons (Fsp3) is 0.0435. The van der Waals surface area contributed by atoms with Gasteiger partial charge < -0.3 is 9.73 Å². The van der Waals surface area contributed by atoms with Crippen LogP contribution in [0.25, 0.3) is 17.4 Å². The molecule has 1 fully saturated rings. The molecule has 158 valence electrons. The van der Waals surface area contributed by atoms with Crippen molar-refractivity contribution in [2.75, 3.05) is 11.9 Å². The third-order valence-corrected chi connectivity index (χ3v) is 5.40. The van der Waals surface area contributed by atoms with Gasteiger partial charge in [0.15, 0.2) is 0 Å². The molecule has 1 aliphatic rings. The molecule has 0 bridgehead atoms. The van der Waals surface area contributed by atoms with Gasteiger partial charge in [-0.15, -0.1) is 0 Å². The van der Waals surface area contributed by atoms with Crippen LogP contribution in [0.1, 0.15) is 11.3 Å². The van der Waals surface area contributed by atoms with E-state index in [1.807, 2.05) is 0 Å². The molecule has 1 N–H and O–H groups in total. The van der Waals surface area contributed by atoms with Crippen LogP contribution in [0, 0.1) is 17.1 Å². The molecule has 4 rings (SSSR count). The summed E-state index contributed by atoms with van der Waals surface area (Å²) in [5, 5.41) is 11.1. The number of imide groups is 1. The van der Waals surface area contributed by atoms with Crippen molar-refractivity contribution in [3.8, 4) is 17.4 Å². The van der Waals surface area contributed by atoms with Crippen LogP contribution in [0.3, 0.4) is 0 Å². The van der Waals surface area contributed by atoms with Crippen molar-refractivity contribution < 1.29 is 23.2 Å². The number of hydrogen-bond donors (Lipinski definition) is 1. The number of thioether (sulfide) groups is 1. The Labute approximate surface area is 186 Å². The first-order chi connectivity index (χ1) is 15.4. The molecule has 1 saturated heterocycles. The Morgan fingerprint density at radius 2 is 1.97 bits per heavy atom. The van der Waals surface area contributed by atoms with E-state index in [2.05, 4.69) is 11.4 Å². The molecule has 2 aromatic carbocycles. The predicted molar refractivity (Wildman–Crippen MR) is 117 cm³/mol. The Morgan fingerprint density at radius 3 is 2.75 bits per heavy atom. The minimum absolute atomic E-state index is 0.100. The number of nitriles is 1. The third kappa shape index (κ3) is 4.45. The van der Waals surface area contributed by atoms with E-state index in [0.29, 0.717) is 34.4 Å². The van der Waals surface area contributed by atoms with E-state index < -0.39 is 29.4 Å². The van der Waals surface area contributed by atoms with Gasteiger partial charge in [-0.3, -0.25) is 19.3 Å². The van der Waals surface area contributed by atoms with E-state index in [-0.39, 0.29) is 10.6 Å². The smallest absolute Gasteiger partial charge is 0.294 e. The zero-order valence-corrected chi connectivity index (χ0v) is 17.2. The van der Waals surface area contributed by atoms with E-state index in [1.54, 1.807) is 36.4 Å². The Morgan fingerprint density at radius 1 is 1.16 bits per heavy atom. The van der Waals surface area contributed by atoms with Gasteiger partial charge in [0, 0.05) is 17.3 Å². The lowest BCUT2D eigenvalue weighted by molar-refractivity contribution is -0.127. The van der Waals surface area contributed by atoms with E-state index in [1.165, 1.54) is 24.3 Å². The summed E-state index contributed by atoms with van der Waals surface area (Å²) in [4.78, 5) is 38.0. The maximum atomic E-state index is 13.3. The van der Waals surface area contributed by atoms with Crippen LogP contribution < -0.4 is 5.32 Å². The molecule has 9 heteroatoms. The highest BCUT2D eigenvalue weighted by molar-refractivity contribution is 8.18. The fourth-order valence-corrected chi connectivity index (χ4v) is 3.86. The normalized spacial score (nSPS) is 14.6. The largest absolute Gasteiger partial charge is 0.457 e. The number of rotatable bonds is 5. The zero-order chi connectivity index (χ0) is 22.7. The van der Waals surface area contributed by atoms with Crippen LogP contribution in [0.5, 0.6) is 0 Å². The number of hydrogen-bond acceptors (Lipinski definition) is 6. The van der Waals surface area contributed by atoms with Crippen LogP contribution in [0.4, 0.5) is 14.9 Å². The number of halogens is 1. The van der Waals surface area contributed by atoms with Crippen LogP contribution in [0.15, 0.2) is 70.0 Å². The molecule has 1 aliphatic heterocycles. The molecular weight excluding hydrogens is 433 g/mol. The van der Waals surface area contributed by atoms with Crippen molar-refractivity contribution in [1.29, 1.82) is 5.26 Å². The topological polar surface area (TPSA) is 103 Å². The molecule has 0 saturated carbocycles. The predicted octanol–water partition coefficient (Wildman–Crippen LogP) is 4.63. The monoisotopic (exact) mass is 447 g/mol. The number of nitrogens with one attached hydrogen (secondary N) is 1. The first kappa shape index (κ1) is 21.1. The minimum atomic E-state index is -0.634. The lowest BCUT2D eigenvalue weighted by Gasteiger charge is -2.12. The standard InChI is InChI=1S/C23H14FN3O4S/c24-15-5-3-6-16(10-15)26-21(28)13-27-22(29)20(32-23(27)30)11-17-8-9-19(31-17)18-7-2-1-4-14(18)12-25/h1-11H,13H2,(H,26,28)/b20-11+. The molecule has 3 aromatic rings. The molecule has 2 heterocycles. The number of anilines is 1. The van der Waals surface area contributed by atoms with Gasteiger partial charge in [0.2, 0.25) is 5.91 Å². The quantitative estimate of drug-likeness (QED) is 0.572. The van der Waals surface area contributed by atoms with Crippen molar-refractivity contribution in [1.82, 2.24) is 4.90 Å². The Balaban J connectivity index is 1.47. The Kier molecular flexibility index (Phi) is 5.87. The molecule has 7 nitrogen and oxygen atoms in total. The van der Waals surface area contributed by atoms with Crippen LogP contribution in [-0.2, 0) is 9.59 Å². The van der Waals surface area contributed by atoms with Gasteiger partial charge in [-0.25, -0.2) is 4.39 Å². The molecular formula is C23H14FN3O4S. The summed E-state index contributed by atoms with van der Waals surface area (Å²) >= 11 is 0.686. The summed E-state index contributed by atoms with van der Waals surface area (Å²) in [6.07, 6.45) is 1.41. The van der Waals surface area contributed by atoms with E-state index in [4.69, 9.17) is 4.42 Å². The van der Waals surface area contributed by atoms with Crippen LogP contribution in [-0.4, -0.2) is 28.5 Å². The van der Waals surface area contributed by atoms with Gasteiger partial charge >= 0.3 is 0 Å². The van der Waals surface area contributed by atoms with Crippen molar-refractivity contribution in [3.05, 3.63) is 82.7 Å². The average Bonchev–Trinajstić information content (AvgIpc) is 3.34. The van der Waals surface area contributed by atoms with Crippen molar-refractivity contribution in [3.63, 3.8) is 0 Å². The van der Waals surface area contributed by atoms with E-state index >= 15 is 0 Å². The second-order valence-corrected chi connectivity index (χ2v) is 7.68. The number of carbonyl (C=O) groups excluding carboxylic acids is 3. The third-order valence-electron chi connectivity index (χ3n) is 4.50.